The summed E-state index contributed by atoms with van der Waals surface area (Å²) < 4.78 is 5.47. The minimum atomic E-state index is -0.0656. The summed E-state index contributed by atoms with van der Waals surface area (Å²) in [5.41, 5.74) is 0. The molecule has 1 aromatic heterocycles. The Morgan fingerprint density at radius 3 is 2.80 bits per heavy atom. The zero-order valence-electron chi connectivity index (χ0n) is 17.4. The van der Waals surface area contributed by atoms with Gasteiger partial charge in [-0.05, 0) is 24.8 Å². The Bertz CT molecular complexity index is 837. The van der Waals surface area contributed by atoms with Crippen LogP contribution < -0.4 is 5.32 Å². The molecule has 0 spiro atoms. The van der Waals surface area contributed by atoms with Crippen molar-refractivity contribution in [2.45, 2.75) is 32.2 Å². The number of hydrogen-bond acceptors (Lipinski definition) is 7. The van der Waals surface area contributed by atoms with E-state index in [2.05, 4.69) is 38.2 Å². The van der Waals surface area contributed by atoms with E-state index in [1.165, 1.54) is 0 Å². The number of ether oxygens (including phenoxy) is 1. The fourth-order valence-corrected chi connectivity index (χ4v) is 4.82. The van der Waals surface area contributed by atoms with E-state index in [1.54, 1.807) is 17.3 Å². The van der Waals surface area contributed by atoms with Crippen LogP contribution in [0.15, 0.2) is 35.5 Å². The van der Waals surface area contributed by atoms with Crippen LogP contribution >= 0.6 is 0 Å². The third-order valence-electron chi connectivity index (χ3n) is 6.55. The Hall–Kier alpha value is -2.52. The van der Waals surface area contributed by atoms with E-state index < -0.39 is 0 Å². The van der Waals surface area contributed by atoms with Crippen LogP contribution in [-0.4, -0.2) is 82.1 Å². The lowest BCUT2D eigenvalue weighted by Gasteiger charge is -2.32. The zero-order chi connectivity index (χ0) is 20.5. The van der Waals surface area contributed by atoms with Gasteiger partial charge in [-0.15, -0.1) is 0 Å². The highest BCUT2D eigenvalue weighted by molar-refractivity contribution is 6.02. The molecule has 0 aliphatic carbocycles. The van der Waals surface area contributed by atoms with E-state index in [0.29, 0.717) is 18.6 Å². The lowest BCUT2D eigenvalue weighted by atomic mass is 9.96. The molecule has 30 heavy (non-hydrogen) atoms. The summed E-state index contributed by atoms with van der Waals surface area (Å²) in [6.45, 7) is 7.18. The van der Waals surface area contributed by atoms with Gasteiger partial charge in [-0.1, -0.05) is 6.92 Å². The molecule has 9 nitrogen and oxygen atoms in total. The van der Waals surface area contributed by atoms with Gasteiger partial charge < -0.3 is 14.5 Å². The second-order valence-electron chi connectivity index (χ2n) is 8.60. The molecule has 1 aromatic rings. The molecule has 4 aliphatic heterocycles. The molecule has 5 rings (SSSR count). The van der Waals surface area contributed by atoms with Crippen molar-refractivity contribution in [2.75, 3.05) is 39.5 Å². The Morgan fingerprint density at radius 2 is 2.00 bits per heavy atom. The number of rotatable bonds is 5. The molecule has 0 saturated carbocycles. The normalized spacial score (nSPS) is 27.7. The van der Waals surface area contributed by atoms with E-state index in [1.807, 2.05) is 6.07 Å². The van der Waals surface area contributed by atoms with Crippen molar-refractivity contribution in [1.82, 2.24) is 30.0 Å². The molecule has 4 aliphatic rings. The van der Waals surface area contributed by atoms with Crippen molar-refractivity contribution in [3.05, 3.63) is 36.3 Å². The maximum absolute atomic E-state index is 12.8. The minimum absolute atomic E-state index is 0.0656. The zero-order valence-corrected chi connectivity index (χ0v) is 17.4. The number of aliphatic imine (C=N–C) groups is 1. The van der Waals surface area contributed by atoms with Gasteiger partial charge in [0.1, 0.15) is 18.3 Å². The molecule has 2 atom stereocenters. The highest BCUT2D eigenvalue weighted by atomic mass is 16.5. The number of nitrogens with zero attached hydrogens (tertiary/aromatic N) is 6. The van der Waals surface area contributed by atoms with E-state index in [0.717, 1.165) is 69.6 Å². The molecule has 0 radical (unpaired) electrons. The summed E-state index contributed by atoms with van der Waals surface area (Å²) in [7, 11) is 0. The molecule has 2 unspecified atom stereocenters. The largest absolute Gasteiger partial charge is 0.381 e. The molecule has 9 heteroatoms. The number of fused-ring (bicyclic) bond motifs is 1. The van der Waals surface area contributed by atoms with Gasteiger partial charge in [0.05, 0.1) is 0 Å². The van der Waals surface area contributed by atoms with E-state index in [4.69, 9.17) is 9.73 Å². The van der Waals surface area contributed by atoms with Gasteiger partial charge in [-0.3, -0.25) is 10.2 Å². The van der Waals surface area contributed by atoms with Crippen LogP contribution in [-0.2, 0) is 11.2 Å². The maximum atomic E-state index is 12.8. The number of nitrogens with one attached hydrogen (secondary N) is 1. The summed E-state index contributed by atoms with van der Waals surface area (Å²) in [6, 6.07) is 2.19. The Balaban J connectivity index is 1.25. The first-order valence-corrected chi connectivity index (χ1v) is 10.9. The average molecular weight is 412 g/mol. The Labute approximate surface area is 176 Å². The first kappa shape index (κ1) is 19.4. The van der Waals surface area contributed by atoms with Crippen molar-refractivity contribution in [3.8, 4) is 0 Å². The summed E-state index contributed by atoms with van der Waals surface area (Å²) in [5.74, 6) is 3.11. The molecule has 2 fully saturated rings. The van der Waals surface area contributed by atoms with E-state index in [9.17, 15) is 4.79 Å². The topological polar surface area (TPSA) is 86.2 Å². The van der Waals surface area contributed by atoms with Gasteiger partial charge in [0.25, 0.3) is 0 Å². The smallest absolute Gasteiger partial charge is 0.329 e. The van der Waals surface area contributed by atoms with E-state index >= 15 is 0 Å². The predicted octanol–water partition coefficient (Wildman–Crippen LogP) is 1.26. The van der Waals surface area contributed by atoms with Crippen LogP contribution in [0.5, 0.6) is 0 Å². The number of carbonyl (C=O) groups excluding carboxylic acids is 1. The number of likely N-dealkylation sites (tertiary alicyclic amines) is 1. The van der Waals surface area contributed by atoms with Crippen LogP contribution in [0.1, 0.15) is 25.6 Å². The molecule has 2 saturated heterocycles. The Kier molecular flexibility index (Phi) is 5.39. The monoisotopic (exact) mass is 411 g/mol. The van der Waals surface area contributed by atoms with Gasteiger partial charge in [-0.2, -0.15) is 0 Å². The first-order valence-electron chi connectivity index (χ1n) is 10.9. The fourth-order valence-electron chi connectivity index (χ4n) is 4.82. The van der Waals surface area contributed by atoms with Gasteiger partial charge in [0, 0.05) is 69.8 Å². The van der Waals surface area contributed by atoms with Crippen molar-refractivity contribution in [3.63, 3.8) is 0 Å². The van der Waals surface area contributed by atoms with Crippen LogP contribution in [0.2, 0.25) is 0 Å². The fraction of sp³-hybridized carbons (Fsp3) is 0.619. The molecule has 0 bridgehead atoms. The molecule has 1 N–H and O–H groups in total. The number of carbonyl (C=O) groups is 1. The number of urea groups is 1. The minimum Gasteiger partial charge on any atom is -0.381 e. The van der Waals surface area contributed by atoms with Crippen LogP contribution in [0.3, 0.4) is 0 Å². The highest BCUT2D eigenvalue weighted by Crippen LogP contribution is 2.30. The summed E-state index contributed by atoms with van der Waals surface area (Å²) >= 11 is 0. The number of hydrogen-bond donors (Lipinski definition) is 1. The van der Waals surface area contributed by atoms with Crippen LogP contribution in [0, 0.1) is 11.8 Å². The van der Waals surface area contributed by atoms with Crippen molar-refractivity contribution in [2.24, 2.45) is 16.8 Å². The second kappa shape index (κ2) is 8.31. The second-order valence-corrected chi connectivity index (χ2v) is 8.60. The predicted molar refractivity (Wildman–Crippen MR) is 111 cm³/mol. The number of amidine groups is 1. The number of aromatic nitrogens is 2. The van der Waals surface area contributed by atoms with Crippen molar-refractivity contribution < 1.29 is 9.53 Å². The molecule has 160 valence electrons. The quantitative estimate of drug-likeness (QED) is 0.785. The molecular weight excluding hydrogens is 382 g/mol. The molecule has 5 heterocycles. The first-order chi connectivity index (χ1) is 14.7. The van der Waals surface area contributed by atoms with Crippen molar-refractivity contribution in [1.29, 1.82) is 0 Å². The highest BCUT2D eigenvalue weighted by Gasteiger charge is 2.39. The summed E-state index contributed by atoms with van der Waals surface area (Å²) in [4.78, 5) is 32.7. The van der Waals surface area contributed by atoms with Gasteiger partial charge >= 0.3 is 6.03 Å². The molecule has 2 amide bonds. The molecular formula is C21H29N7O2. The number of amides is 2. The average Bonchev–Trinajstić information content (AvgIpc) is 3.37. The lowest BCUT2D eigenvalue weighted by molar-refractivity contribution is 0.0459. The van der Waals surface area contributed by atoms with Gasteiger partial charge in [0.15, 0.2) is 5.82 Å². The van der Waals surface area contributed by atoms with Crippen LogP contribution in [0.25, 0.3) is 0 Å². The summed E-state index contributed by atoms with van der Waals surface area (Å²) in [5, 5.41) is 3.07. The third kappa shape index (κ3) is 3.91. The Morgan fingerprint density at radius 1 is 1.20 bits per heavy atom. The van der Waals surface area contributed by atoms with Gasteiger partial charge in [0.2, 0.25) is 0 Å². The third-order valence-corrected chi connectivity index (χ3v) is 6.55. The van der Waals surface area contributed by atoms with E-state index in [-0.39, 0.29) is 11.9 Å². The standard InChI is InChI=1S/C21H29N7O2/c1-15-11-26(8-3-18-22-6-2-7-23-18)12-17(15)20-24-19-13-27(14-28(19)21(29)25-20)16-4-9-30-10-5-16/h2,6-7,13,15-17H,3-5,8-12,14H2,1H3,(H,24,25,29). The SMILES string of the molecule is CC1CN(CCc2ncccn2)CC1C1=NC2=CN(C3CCOCC3)CN2C(=O)N1. The molecule has 0 aromatic carbocycles. The summed E-state index contributed by atoms with van der Waals surface area (Å²) in [6.07, 6.45) is 8.45. The van der Waals surface area contributed by atoms with Crippen molar-refractivity contribution >= 4 is 11.9 Å². The van der Waals surface area contributed by atoms with Gasteiger partial charge in [-0.25, -0.2) is 19.8 Å². The van der Waals surface area contributed by atoms with Crippen LogP contribution in [0.4, 0.5) is 4.79 Å². The lowest BCUT2D eigenvalue weighted by Crippen LogP contribution is -2.50. The maximum Gasteiger partial charge on any atom is 0.329 e.